The number of aromatic nitrogens is 4. The molecule has 0 radical (unpaired) electrons. The van der Waals surface area contributed by atoms with Crippen molar-refractivity contribution in [2.45, 2.75) is 6.54 Å². The van der Waals surface area contributed by atoms with Crippen molar-refractivity contribution in [3.8, 4) is 10.7 Å². The monoisotopic (exact) mass is 265 g/mol. The summed E-state index contributed by atoms with van der Waals surface area (Å²) in [4.78, 5) is 8.77. The third-order valence-electron chi connectivity index (χ3n) is 3.66. The standard InChI is InChI=1S/C14H9N4S/c1-2-9-7-18-13-10-6-15-4-5-17(10)8-11(13)19-14(18)12(9)16-3-1/h1-6,8H,7H2/q+1. The minimum Gasteiger partial charge on any atom is -0.314 e. The third-order valence-corrected chi connectivity index (χ3v) is 4.79. The molecule has 0 bridgehead atoms. The topological polar surface area (TPSA) is 34.1 Å². The van der Waals surface area contributed by atoms with Crippen LogP contribution in [-0.4, -0.2) is 14.4 Å². The number of hydrogen-bond donors (Lipinski definition) is 0. The maximum atomic E-state index is 4.52. The second-order valence-electron chi connectivity index (χ2n) is 4.72. The van der Waals surface area contributed by atoms with Crippen molar-refractivity contribution in [1.29, 1.82) is 0 Å². The molecule has 4 aromatic heterocycles. The Bertz CT molecular complexity index is 951. The first-order chi connectivity index (χ1) is 9.42. The predicted octanol–water partition coefficient (Wildman–Crippen LogP) is 2.26. The molecule has 4 nitrogen and oxygen atoms in total. The summed E-state index contributed by atoms with van der Waals surface area (Å²) in [5, 5.41) is 1.26. The van der Waals surface area contributed by atoms with Gasteiger partial charge in [0.2, 0.25) is 0 Å². The van der Waals surface area contributed by atoms with E-state index in [0.717, 1.165) is 17.8 Å². The van der Waals surface area contributed by atoms with Crippen molar-refractivity contribution < 1.29 is 4.57 Å². The summed E-state index contributed by atoms with van der Waals surface area (Å²) >= 11 is 1.81. The first-order valence-electron chi connectivity index (χ1n) is 6.13. The SMILES string of the molecule is c1cnc2c(c1)C[n+]1c-2sc2cn3ccncc3c21. The lowest BCUT2D eigenvalue weighted by molar-refractivity contribution is -0.641. The first-order valence-corrected chi connectivity index (χ1v) is 6.95. The van der Waals surface area contributed by atoms with Crippen molar-refractivity contribution in [3.63, 3.8) is 0 Å². The van der Waals surface area contributed by atoms with Crippen molar-refractivity contribution >= 4 is 27.1 Å². The Labute approximate surface area is 112 Å². The average Bonchev–Trinajstić information content (AvgIpc) is 3.05. The van der Waals surface area contributed by atoms with E-state index in [-0.39, 0.29) is 0 Å². The molecular formula is C14H9N4S+. The van der Waals surface area contributed by atoms with E-state index in [9.17, 15) is 0 Å². The molecule has 0 atom stereocenters. The molecule has 0 fully saturated rings. The van der Waals surface area contributed by atoms with E-state index in [4.69, 9.17) is 0 Å². The van der Waals surface area contributed by atoms with E-state index in [1.54, 1.807) is 11.3 Å². The lowest BCUT2D eigenvalue weighted by atomic mass is 10.2. The first kappa shape index (κ1) is 9.63. The molecule has 4 aromatic rings. The highest BCUT2D eigenvalue weighted by Gasteiger charge is 2.34. The van der Waals surface area contributed by atoms with Gasteiger partial charge in [-0.15, -0.1) is 0 Å². The minimum absolute atomic E-state index is 0.910. The number of rotatable bonds is 0. The van der Waals surface area contributed by atoms with Crippen LogP contribution in [0, 0.1) is 0 Å². The Morgan fingerprint density at radius 3 is 3.32 bits per heavy atom. The minimum atomic E-state index is 0.910. The Kier molecular flexibility index (Phi) is 1.62. The van der Waals surface area contributed by atoms with E-state index in [0.29, 0.717) is 0 Å². The van der Waals surface area contributed by atoms with Crippen LogP contribution in [0.4, 0.5) is 0 Å². The van der Waals surface area contributed by atoms with Gasteiger partial charge < -0.3 is 4.40 Å². The molecule has 0 aromatic carbocycles. The van der Waals surface area contributed by atoms with Crippen molar-refractivity contribution in [2.24, 2.45) is 0 Å². The summed E-state index contributed by atoms with van der Waals surface area (Å²) in [6.07, 6.45) is 9.78. The molecule has 19 heavy (non-hydrogen) atoms. The normalized spacial score (nSPS) is 13.1. The zero-order chi connectivity index (χ0) is 12.4. The van der Waals surface area contributed by atoms with E-state index in [2.05, 4.69) is 31.2 Å². The van der Waals surface area contributed by atoms with Crippen LogP contribution in [0.1, 0.15) is 5.56 Å². The van der Waals surface area contributed by atoms with Crippen molar-refractivity contribution in [2.75, 3.05) is 0 Å². The van der Waals surface area contributed by atoms with Gasteiger partial charge in [-0.25, -0.2) is 4.98 Å². The van der Waals surface area contributed by atoms with E-state index in [1.807, 2.05) is 30.9 Å². The smallest absolute Gasteiger partial charge is 0.289 e. The Morgan fingerprint density at radius 1 is 1.32 bits per heavy atom. The molecule has 5 rings (SSSR count). The van der Waals surface area contributed by atoms with Crippen LogP contribution in [0.2, 0.25) is 0 Å². The zero-order valence-corrected chi connectivity index (χ0v) is 10.8. The van der Waals surface area contributed by atoms with Gasteiger partial charge in [-0.2, -0.15) is 4.57 Å². The maximum absolute atomic E-state index is 4.52. The summed E-state index contributed by atoms with van der Waals surface area (Å²) in [5.41, 5.74) is 4.86. The van der Waals surface area contributed by atoms with Gasteiger partial charge in [-0.3, -0.25) is 4.98 Å². The number of thiazole rings is 1. The van der Waals surface area contributed by atoms with Crippen molar-refractivity contribution in [3.05, 3.63) is 48.7 Å². The molecule has 0 N–H and O–H groups in total. The van der Waals surface area contributed by atoms with Crippen LogP contribution in [-0.2, 0) is 6.54 Å². The van der Waals surface area contributed by atoms with Crippen LogP contribution >= 0.6 is 11.3 Å². The van der Waals surface area contributed by atoms with Crippen LogP contribution < -0.4 is 4.57 Å². The van der Waals surface area contributed by atoms with Gasteiger partial charge in [0.1, 0.15) is 10.2 Å². The predicted molar refractivity (Wildman–Crippen MR) is 73.1 cm³/mol. The lowest BCUT2D eigenvalue weighted by Crippen LogP contribution is -2.30. The van der Waals surface area contributed by atoms with Gasteiger partial charge in [0.05, 0.1) is 11.8 Å². The third kappa shape index (κ3) is 1.11. The fourth-order valence-corrected chi connectivity index (χ4v) is 4.08. The number of hydrogen-bond acceptors (Lipinski definition) is 3. The highest BCUT2D eigenvalue weighted by atomic mass is 32.1. The van der Waals surface area contributed by atoms with Crippen LogP contribution in [0.3, 0.4) is 0 Å². The van der Waals surface area contributed by atoms with E-state index < -0.39 is 0 Å². The van der Waals surface area contributed by atoms with Crippen molar-refractivity contribution in [1.82, 2.24) is 14.4 Å². The summed E-state index contributed by atoms with van der Waals surface area (Å²) in [6, 6.07) is 4.16. The van der Waals surface area contributed by atoms with Crippen LogP contribution in [0.15, 0.2) is 43.1 Å². The Balaban J connectivity index is 1.94. The quantitative estimate of drug-likeness (QED) is 0.402. The van der Waals surface area contributed by atoms with Gasteiger partial charge >= 0.3 is 0 Å². The van der Waals surface area contributed by atoms with Gasteiger partial charge in [-0.1, -0.05) is 11.3 Å². The molecule has 0 saturated heterocycles. The molecule has 0 saturated carbocycles. The Morgan fingerprint density at radius 2 is 2.32 bits per heavy atom. The molecule has 0 unspecified atom stereocenters. The number of pyridine rings is 1. The van der Waals surface area contributed by atoms with Gasteiger partial charge in [0, 0.05) is 24.8 Å². The maximum Gasteiger partial charge on any atom is 0.289 e. The number of fused-ring (bicyclic) bond motifs is 7. The fourth-order valence-electron chi connectivity index (χ4n) is 2.84. The summed E-state index contributed by atoms with van der Waals surface area (Å²) in [7, 11) is 0. The highest BCUT2D eigenvalue weighted by molar-refractivity contribution is 7.21. The molecule has 5 heteroatoms. The molecule has 0 spiro atoms. The summed E-state index contributed by atoms with van der Waals surface area (Å²) in [5.74, 6) is 0. The molecule has 0 aliphatic carbocycles. The van der Waals surface area contributed by atoms with Crippen LogP contribution in [0.25, 0.3) is 26.4 Å². The fraction of sp³-hybridized carbons (Fsp3) is 0.0714. The Hall–Kier alpha value is -2.27. The molecule has 90 valence electrons. The number of nitrogens with zero attached hydrogens (tertiary/aromatic N) is 4. The van der Waals surface area contributed by atoms with Crippen LogP contribution in [0.5, 0.6) is 0 Å². The lowest BCUT2D eigenvalue weighted by Gasteiger charge is -1.90. The van der Waals surface area contributed by atoms with E-state index in [1.165, 1.54) is 20.8 Å². The molecule has 5 heterocycles. The summed E-state index contributed by atoms with van der Waals surface area (Å²) in [6.45, 7) is 0.910. The largest absolute Gasteiger partial charge is 0.314 e. The molecule has 1 aliphatic heterocycles. The second kappa shape index (κ2) is 3.19. The molecule has 0 amide bonds. The van der Waals surface area contributed by atoms with Gasteiger partial charge in [0.25, 0.3) is 10.5 Å². The zero-order valence-electron chi connectivity index (χ0n) is 9.95. The molecular weight excluding hydrogens is 256 g/mol. The second-order valence-corrected chi connectivity index (χ2v) is 5.75. The average molecular weight is 265 g/mol. The van der Waals surface area contributed by atoms with E-state index >= 15 is 0 Å². The molecule has 1 aliphatic rings. The van der Waals surface area contributed by atoms with Gasteiger partial charge in [0.15, 0.2) is 12.2 Å². The highest BCUT2D eigenvalue weighted by Crippen LogP contribution is 2.35. The van der Waals surface area contributed by atoms with Gasteiger partial charge in [-0.05, 0) is 12.1 Å². The summed E-state index contributed by atoms with van der Waals surface area (Å²) < 4.78 is 5.78.